The van der Waals surface area contributed by atoms with Crippen molar-refractivity contribution in [3.63, 3.8) is 0 Å². The third-order valence-corrected chi connectivity index (χ3v) is 7.04. The predicted molar refractivity (Wildman–Crippen MR) is 136 cm³/mol. The number of hydrogen-bond donors (Lipinski definition) is 5. The smallest absolute Gasteiger partial charge is 0.267 e. The fourth-order valence-electron chi connectivity index (χ4n) is 4.74. The molecule has 0 unspecified atom stereocenters. The van der Waals surface area contributed by atoms with E-state index in [2.05, 4.69) is 20.6 Å². The number of nitrogens with one attached hydrogen (secondary N) is 3. The number of nitrogens with two attached hydrogens (primary N) is 2. The van der Waals surface area contributed by atoms with Crippen LogP contribution in [0.3, 0.4) is 0 Å². The van der Waals surface area contributed by atoms with Crippen LogP contribution in [-0.4, -0.2) is 51.9 Å². The van der Waals surface area contributed by atoms with Crippen molar-refractivity contribution in [2.24, 2.45) is 11.5 Å². The molecule has 1 saturated carbocycles. The van der Waals surface area contributed by atoms with Crippen LogP contribution in [0.2, 0.25) is 5.02 Å². The lowest BCUT2D eigenvalue weighted by Gasteiger charge is -2.33. The van der Waals surface area contributed by atoms with Gasteiger partial charge in [-0.1, -0.05) is 30.9 Å². The molecule has 2 fully saturated rings. The normalized spacial score (nSPS) is 17.6. The lowest BCUT2D eigenvalue weighted by Crippen LogP contribution is -2.48. The van der Waals surface area contributed by atoms with Gasteiger partial charge in [0.25, 0.3) is 17.4 Å². The second-order valence-corrected chi connectivity index (χ2v) is 9.86. The Hall–Kier alpha value is -3.11. The molecule has 2 amide bonds. The highest BCUT2D eigenvalue weighted by atomic mass is 35.5. The minimum absolute atomic E-state index is 0.00959. The number of likely N-dealkylation sites (tertiary alicyclic amines) is 1. The molecule has 1 aliphatic carbocycles. The number of aromatic nitrogens is 2. The molecule has 7 N–H and O–H groups in total. The lowest BCUT2D eigenvalue weighted by molar-refractivity contribution is 0.0724. The fraction of sp³-hybridized carbons (Fsp3) is 0.500. The Kier molecular flexibility index (Phi) is 7.61. The third kappa shape index (κ3) is 5.94. The van der Waals surface area contributed by atoms with Gasteiger partial charge < -0.3 is 27.0 Å². The largest absolute Gasteiger partial charge is 0.365 e. The van der Waals surface area contributed by atoms with E-state index in [0.29, 0.717) is 30.9 Å². The number of carbonyl (C=O) groups excluding carboxylic acids is 2. The second-order valence-electron chi connectivity index (χ2n) is 9.45. The average molecular weight is 502 g/mol. The molecule has 35 heavy (non-hydrogen) atoms. The summed E-state index contributed by atoms with van der Waals surface area (Å²) in [6.07, 6.45) is 8.14. The summed E-state index contributed by atoms with van der Waals surface area (Å²) in [5.74, 6) is -0.859. The maximum Gasteiger partial charge on any atom is 0.267 e. The molecule has 2 aromatic rings. The van der Waals surface area contributed by atoms with E-state index in [1.165, 1.54) is 6.42 Å². The van der Waals surface area contributed by atoms with Crippen LogP contribution in [0.5, 0.6) is 0 Å². The van der Waals surface area contributed by atoms with Crippen LogP contribution in [0, 0.1) is 0 Å². The van der Waals surface area contributed by atoms with Gasteiger partial charge in [-0.05, 0) is 50.3 Å². The van der Waals surface area contributed by atoms with Gasteiger partial charge in [-0.3, -0.25) is 19.4 Å². The topological polar surface area (TPSA) is 159 Å². The van der Waals surface area contributed by atoms with Gasteiger partial charge in [-0.2, -0.15) is 4.98 Å². The molecule has 2 heterocycles. The highest BCUT2D eigenvalue weighted by Gasteiger charge is 2.28. The van der Waals surface area contributed by atoms with Gasteiger partial charge in [0.15, 0.2) is 5.82 Å². The van der Waals surface area contributed by atoms with Gasteiger partial charge in [-0.15, -0.1) is 0 Å². The number of carbonyl (C=O) groups is 2. The van der Waals surface area contributed by atoms with Gasteiger partial charge in [0.2, 0.25) is 5.95 Å². The van der Waals surface area contributed by atoms with Gasteiger partial charge in [-0.25, -0.2) is 0 Å². The summed E-state index contributed by atoms with van der Waals surface area (Å²) in [7, 11) is 0. The van der Waals surface area contributed by atoms with Crippen LogP contribution in [0.1, 0.15) is 72.1 Å². The lowest BCUT2D eigenvalue weighted by atomic mass is 9.82. The van der Waals surface area contributed by atoms with Crippen molar-refractivity contribution < 1.29 is 9.59 Å². The first-order valence-corrected chi connectivity index (χ1v) is 12.5. The number of primary amides is 1. The zero-order chi connectivity index (χ0) is 25.0. The van der Waals surface area contributed by atoms with Crippen LogP contribution in [0.25, 0.3) is 0 Å². The SMILES string of the molecule is NC(=O)c1c(Nc2ccc(C(=O)N3CCCCC3)c(Cl)c2)nc(NCC2(N)CCCCC2)[nH]c1=O. The molecule has 10 nitrogen and oxygen atoms in total. The average Bonchev–Trinajstić information content (AvgIpc) is 2.83. The van der Waals surface area contributed by atoms with Crippen molar-refractivity contribution in [3.8, 4) is 0 Å². The van der Waals surface area contributed by atoms with Crippen LogP contribution in [-0.2, 0) is 0 Å². The first kappa shape index (κ1) is 25.0. The summed E-state index contributed by atoms with van der Waals surface area (Å²) >= 11 is 6.43. The Bertz CT molecular complexity index is 1150. The van der Waals surface area contributed by atoms with E-state index >= 15 is 0 Å². The van der Waals surface area contributed by atoms with Crippen LogP contribution >= 0.6 is 11.6 Å². The van der Waals surface area contributed by atoms with E-state index in [1.54, 1.807) is 23.1 Å². The van der Waals surface area contributed by atoms with E-state index < -0.39 is 11.5 Å². The first-order chi connectivity index (χ1) is 16.8. The molecular formula is C24H32ClN7O3. The number of amides is 2. The Morgan fingerprint density at radius 2 is 1.80 bits per heavy atom. The van der Waals surface area contributed by atoms with Gasteiger partial charge in [0, 0.05) is 30.9 Å². The highest BCUT2D eigenvalue weighted by molar-refractivity contribution is 6.34. The number of H-pyrrole nitrogens is 1. The fourth-order valence-corrected chi connectivity index (χ4v) is 5.00. The van der Waals surface area contributed by atoms with Crippen molar-refractivity contribution in [3.05, 3.63) is 44.7 Å². The summed E-state index contributed by atoms with van der Waals surface area (Å²) in [5.41, 5.74) is 11.4. The van der Waals surface area contributed by atoms with E-state index in [9.17, 15) is 14.4 Å². The molecule has 1 saturated heterocycles. The quantitative estimate of drug-likeness (QED) is 0.390. The summed E-state index contributed by atoms with van der Waals surface area (Å²) in [5, 5.41) is 6.32. The zero-order valence-corrected chi connectivity index (χ0v) is 20.4. The zero-order valence-electron chi connectivity index (χ0n) is 19.7. The van der Waals surface area contributed by atoms with Crippen molar-refractivity contribution in [2.75, 3.05) is 30.3 Å². The Morgan fingerprint density at radius 3 is 2.46 bits per heavy atom. The maximum atomic E-state index is 12.8. The molecular weight excluding hydrogens is 470 g/mol. The van der Waals surface area contributed by atoms with Crippen molar-refractivity contribution in [1.29, 1.82) is 0 Å². The van der Waals surface area contributed by atoms with Crippen LogP contribution in [0.15, 0.2) is 23.0 Å². The van der Waals surface area contributed by atoms with Gasteiger partial charge in [0.1, 0.15) is 5.56 Å². The number of piperidine rings is 1. The summed E-state index contributed by atoms with van der Waals surface area (Å²) in [4.78, 5) is 46.2. The van der Waals surface area contributed by atoms with Gasteiger partial charge in [0.05, 0.1) is 10.6 Å². The van der Waals surface area contributed by atoms with E-state index in [4.69, 9.17) is 23.1 Å². The Balaban J connectivity index is 1.55. The number of halogens is 1. The number of benzene rings is 1. The molecule has 1 aromatic carbocycles. The van der Waals surface area contributed by atoms with Crippen LogP contribution in [0.4, 0.5) is 17.5 Å². The molecule has 0 spiro atoms. The summed E-state index contributed by atoms with van der Waals surface area (Å²) in [6.45, 7) is 1.87. The van der Waals surface area contributed by atoms with Crippen LogP contribution < -0.4 is 27.7 Å². The van der Waals surface area contributed by atoms with E-state index in [1.807, 2.05) is 0 Å². The maximum absolute atomic E-state index is 12.8. The number of nitrogens with zero attached hydrogens (tertiary/aromatic N) is 2. The molecule has 4 rings (SSSR count). The number of aromatic amines is 1. The van der Waals surface area contributed by atoms with Gasteiger partial charge >= 0.3 is 0 Å². The first-order valence-electron chi connectivity index (χ1n) is 12.1. The predicted octanol–water partition coefficient (Wildman–Crippen LogP) is 2.97. The number of hydrogen-bond acceptors (Lipinski definition) is 7. The molecule has 188 valence electrons. The number of rotatable bonds is 7. The summed E-state index contributed by atoms with van der Waals surface area (Å²) in [6, 6.07) is 4.84. The molecule has 11 heteroatoms. The van der Waals surface area contributed by atoms with E-state index in [0.717, 1.165) is 44.9 Å². The molecule has 0 bridgehead atoms. The van der Waals surface area contributed by atoms with Crippen molar-refractivity contribution in [2.45, 2.75) is 56.9 Å². The molecule has 1 aromatic heterocycles. The molecule has 1 aliphatic heterocycles. The standard InChI is InChI=1S/C24H32ClN7O3/c25-17-13-15(7-8-16(17)22(35)32-11-5-2-6-12-32)29-20-18(19(26)33)21(34)31-23(30-20)28-14-24(27)9-3-1-4-10-24/h7-8,13H,1-6,9-12,14,27H2,(H2,26,33)(H3,28,29,30,31,34). The summed E-state index contributed by atoms with van der Waals surface area (Å²) < 4.78 is 0. The van der Waals surface area contributed by atoms with E-state index in [-0.39, 0.29) is 33.8 Å². The third-order valence-electron chi connectivity index (χ3n) is 6.73. The van der Waals surface area contributed by atoms with Crippen molar-refractivity contribution >= 4 is 40.9 Å². The molecule has 0 radical (unpaired) electrons. The second kappa shape index (κ2) is 10.7. The Labute approximate surface area is 208 Å². The minimum Gasteiger partial charge on any atom is -0.365 e. The van der Waals surface area contributed by atoms with Crippen molar-refractivity contribution in [1.82, 2.24) is 14.9 Å². The highest BCUT2D eigenvalue weighted by Crippen LogP contribution is 2.28. The monoisotopic (exact) mass is 501 g/mol. The molecule has 2 aliphatic rings. The molecule has 0 atom stereocenters. The minimum atomic E-state index is -0.918. The number of anilines is 3. The Morgan fingerprint density at radius 1 is 1.11 bits per heavy atom.